The Kier molecular flexibility index (Phi) is 6.11. The van der Waals surface area contributed by atoms with Crippen molar-refractivity contribution in [2.45, 2.75) is 25.9 Å². The van der Waals surface area contributed by atoms with Gasteiger partial charge in [-0.15, -0.1) is 0 Å². The highest BCUT2D eigenvalue weighted by atomic mass is 35.5. The highest BCUT2D eigenvalue weighted by molar-refractivity contribution is 6.31. The number of ether oxygens (including phenoxy) is 1. The number of imide groups is 1. The third-order valence-electron chi connectivity index (χ3n) is 8.65. The SMILES string of the molecule is COc1cc(C=C[C@H]2C3=CCn4c(=O)n(C)c(=O)n4[C@@H]3C[C@H]3C(=O)N(c4ccc(F)c(Cl)c4)C(=O)[C@@]23C)ccc1O. The van der Waals surface area contributed by atoms with Gasteiger partial charge in [0.25, 0.3) is 0 Å². The first-order valence-electron chi connectivity index (χ1n) is 13.0. The van der Waals surface area contributed by atoms with Crippen LogP contribution in [0.15, 0.2) is 63.7 Å². The van der Waals surface area contributed by atoms with Gasteiger partial charge in [-0.1, -0.05) is 35.9 Å². The monoisotopic (exact) mass is 580 g/mol. The van der Waals surface area contributed by atoms with E-state index in [1.807, 2.05) is 12.2 Å². The molecular weight excluding hydrogens is 555 g/mol. The van der Waals surface area contributed by atoms with Crippen LogP contribution in [0.2, 0.25) is 5.02 Å². The Morgan fingerprint density at radius 1 is 1.12 bits per heavy atom. The Hall–Kier alpha value is -4.38. The van der Waals surface area contributed by atoms with E-state index in [4.69, 9.17) is 16.3 Å². The second kappa shape index (κ2) is 9.34. The molecule has 1 aromatic heterocycles. The maximum absolute atomic E-state index is 14.2. The third kappa shape index (κ3) is 3.75. The molecule has 3 heterocycles. The number of allylic oxidation sites excluding steroid dienone is 3. The van der Waals surface area contributed by atoms with Gasteiger partial charge in [0.2, 0.25) is 11.8 Å². The maximum atomic E-state index is 14.2. The van der Waals surface area contributed by atoms with Crippen LogP contribution in [-0.4, -0.2) is 38.0 Å². The lowest BCUT2D eigenvalue weighted by Gasteiger charge is -2.45. The number of fused-ring (bicyclic) bond motifs is 4. The fourth-order valence-electron chi connectivity index (χ4n) is 6.46. The first-order valence-corrected chi connectivity index (χ1v) is 13.3. The van der Waals surface area contributed by atoms with Crippen LogP contribution in [0.1, 0.15) is 24.9 Å². The van der Waals surface area contributed by atoms with Crippen molar-refractivity contribution in [1.82, 2.24) is 13.9 Å². The first kappa shape index (κ1) is 26.8. The molecule has 12 heteroatoms. The van der Waals surface area contributed by atoms with Gasteiger partial charge in [-0.2, -0.15) is 0 Å². The lowest BCUT2D eigenvalue weighted by atomic mass is 9.58. The minimum absolute atomic E-state index is 0.0315. The molecule has 1 aliphatic carbocycles. The van der Waals surface area contributed by atoms with Gasteiger partial charge in [0.1, 0.15) is 5.82 Å². The summed E-state index contributed by atoms with van der Waals surface area (Å²) in [6, 6.07) is 7.82. The van der Waals surface area contributed by atoms with Gasteiger partial charge >= 0.3 is 11.4 Å². The summed E-state index contributed by atoms with van der Waals surface area (Å²) in [5, 5.41) is 9.79. The van der Waals surface area contributed by atoms with Crippen LogP contribution in [0.3, 0.4) is 0 Å². The normalized spacial score (nSPS) is 25.2. The largest absolute Gasteiger partial charge is 0.504 e. The second-order valence-electron chi connectivity index (χ2n) is 10.7. The van der Waals surface area contributed by atoms with E-state index < -0.39 is 52.3 Å². The number of phenolic OH excluding ortho intramolecular Hbond substituents is 1. The summed E-state index contributed by atoms with van der Waals surface area (Å²) in [6.45, 7) is 1.85. The molecule has 1 N–H and O–H groups in total. The minimum atomic E-state index is -1.27. The van der Waals surface area contributed by atoms with Crippen molar-refractivity contribution in [3.05, 3.63) is 91.5 Å². The number of aromatic hydroxyl groups is 1. The Bertz CT molecular complexity index is 1820. The van der Waals surface area contributed by atoms with Gasteiger partial charge in [0.15, 0.2) is 11.5 Å². The fourth-order valence-corrected chi connectivity index (χ4v) is 6.64. The summed E-state index contributed by atoms with van der Waals surface area (Å²) >= 11 is 6.00. The topological polar surface area (TPSA) is 116 Å². The number of hydrogen-bond acceptors (Lipinski definition) is 6. The maximum Gasteiger partial charge on any atom is 0.347 e. The second-order valence-corrected chi connectivity index (χ2v) is 11.1. The number of halogens is 2. The summed E-state index contributed by atoms with van der Waals surface area (Å²) < 4.78 is 22.9. The highest BCUT2D eigenvalue weighted by Gasteiger charge is 2.64. The zero-order valence-electron chi connectivity index (χ0n) is 22.4. The van der Waals surface area contributed by atoms with Gasteiger partial charge in [0.05, 0.1) is 41.7 Å². The molecule has 1 saturated carbocycles. The van der Waals surface area contributed by atoms with Gasteiger partial charge in [0, 0.05) is 13.0 Å². The van der Waals surface area contributed by atoms with Crippen LogP contribution in [-0.2, 0) is 23.2 Å². The summed E-state index contributed by atoms with van der Waals surface area (Å²) in [7, 11) is 2.83. The highest BCUT2D eigenvalue weighted by Crippen LogP contribution is 2.58. The smallest absolute Gasteiger partial charge is 0.347 e. The number of amides is 2. The predicted octanol–water partition coefficient (Wildman–Crippen LogP) is 3.27. The summed E-state index contributed by atoms with van der Waals surface area (Å²) in [6.07, 6.45) is 5.53. The molecular formula is C29H26ClFN4O6. The molecule has 41 heavy (non-hydrogen) atoms. The number of rotatable bonds is 4. The van der Waals surface area contributed by atoms with Crippen molar-refractivity contribution >= 4 is 35.2 Å². The average molecular weight is 581 g/mol. The molecule has 0 bridgehead atoms. The number of carbonyl (C=O) groups is 2. The minimum Gasteiger partial charge on any atom is -0.504 e. The van der Waals surface area contributed by atoms with Gasteiger partial charge in [-0.3, -0.25) is 9.59 Å². The van der Waals surface area contributed by atoms with E-state index in [0.29, 0.717) is 5.56 Å². The number of aromatic nitrogens is 3. The molecule has 2 fully saturated rings. The van der Waals surface area contributed by atoms with Crippen molar-refractivity contribution in [3.63, 3.8) is 0 Å². The van der Waals surface area contributed by atoms with Crippen molar-refractivity contribution in [2.75, 3.05) is 12.0 Å². The number of methoxy groups -OCH3 is 1. The summed E-state index contributed by atoms with van der Waals surface area (Å²) in [5.41, 5.74) is -0.695. The van der Waals surface area contributed by atoms with E-state index in [1.165, 1.54) is 41.7 Å². The molecule has 6 rings (SSSR count). The van der Waals surface area contributed by atoms with E-state index in [1.54, 1.807) is 25.1 Å². The van der Waals surface area contributed by atoms with Crippen molar-refractivity contribution in [2.24, 2.45) is 24.3 Å². The molecule has 2 amide bonds. The number of benzene rings is 2. The predicted molar refractivity (Wildman–Crippen MR) is 148 cm³/mol. The molecule has 0 spiro atoms. The van der Waals surface area contributed by atoms with Crippen molar-refractivity contribution in [3.8, 4) is 11.5 Å². The summed E-state index contributed by atoms with van der Waals surface area (Å²) in [4.78, 5) is 55.1. The van der Waals surface area contributed by atoms with Crippen LogP contribution >= 0.6 is 11.6 Å². The molecule has 2 aromatic carbocycles. The van der Waals surface area contributed by atoms with E-state index in [9.17, 15) is 28.7 Å². The molecule has 3 aromatic rings. The van der Waals surface area contributed by atoms with Gasteiger partial charge in [-0.25, -0.2) is 32.8 Å². The zero-order valence-corrected chi connectivity index (χ0v) is 23.1. The number of nitrogens with zero attached hydrogens (tertiary/aromatic N) is 4. The van der Waals surface area contributed by atoms with E-state index in [2.05, 4.69) is 0 Å². The van der Waals surface area contributed by atoms with E-state index in [-0.39, 0.29) is 35.2 Å². The molecule has 0 radical (unpaired) electrons. The van der Waals surface area contributed by atoms with E-state index >= 15 is 0 Å². The van der Waals surface area contributed by atoms with Crippen LogP contribution in [0.4, 0.5) is 10.1 Å². The van der Waals surface area contributed by atoms with Crippen LogP contribution in [0, 0.1) is 23.1 Å². The molecule has 2 aliphatic heterocycles. The fraction of sp³-hybridized carbons (Fsp3) is 0.310. The molecule has 1 saturated heterocycles. The van der Waals surface area contributed by atoms with Gasteiger partial charge in [-0.05, 0) is 54.8 Å². The first-order chi connectivity index (χ1) is 19.5. The Labute approximate surface area is 238 Å². The van der Waals surface area contributed by atoms with Crippen molar-refractivity contribution in [1.29, 1.82) is 0 Å². The Balaban J connectivity index is 1.51. The molecule has 0 unspecified atom stereocenters. The zero-order chi connectivity index (χ0) is 29.4. The van der Waals surface area contributed by atoms with Crippen molar-refractivity contribution < 1.29 is 23.8 Å². The van der Waals surface area contributed by atoms with Crippen LogP contribution in [0.5, 0.6) is 11.5 Å². The third-order valence-corrected chi connectivity index (χ3v) is 8.94. The lowest BCUT2D eigenvalue weighted by Crippen LogP contribution is -2.49. The number of hydrogen-bond donors (Lipinski definition) is 1. The van der Waals surface area contributed by atoms with Crippen LogP contribution in [0.25, 0.3) is 6.08 Å². The number of anilines is 1. The number of phenols is 1. The average Bonchev–Trinajstić information content (AvgIpc) is 3.29. The molecule has 212 valence electrons. The number of carbonyl (C=O) groups excluding carboxylic acids is 2. The van der Waals surface area contributed by atoms with Gasteiger partial charge < -0.3 is 9.84 Å². The standard InChI is InChI=1S/C29H26ClFN4O6/c1-29-18(7-4-15-5-9-23(36)24(12-15)41-3)17-10-11-33-27(39)32(2)28(40)35(33)22(17)14-19(29)25(37)34(26(29)38)16-6-8-21(31)20(30)13-16/h4-10,12-13,18-19,22,36H,11,14H2,1-3H3/t18-,19-,22+,29-/m0/s1. The quantitative estimate of drug-likeness (QED) is 0.374. The Morgan fingerprint density at radius 2 is 1.88 bits per heavy atom. The molecule has 3 aliphatic rings. The van der Waals surface area contributed by atoms with E-state index in [0.717, 1.165) is 21.1 Å². The molecule has 4 atom stereocenters. The summed E-state index contributed by atoms with van der Waals surface area (Å²) in [5.74, 6) is -2.93. The molecule has 10 nitrogen and oxygen atoms in total. The van der Waals surface area contributed by atoms with Crippen LogP contribution < -0.4 is 21.0 Å². The Morgan fingerprint density at radius 3 is 2.59 bits per heavy atom. The lowest BCUT2D eigenvalue weighted by molar-refractivity contribution is -0.129.